The van der Waals surface area contributed by atoms with E-state index in [9.17, 15) is 13.6 Å². The predicted octanol–water partition coefficient (Wildman–Crippen LogP) is 4.10. The molecule has 2 aromatic rings. The highest BCUT2D eigenvalue weighted by Gasteiger charge is 2.28. The van der Waals surface area contributed by atoms with E-state index in [1.54, 1.807) is 6.33 Å². The third kappa shape index (κ3) is 3.26. The standard InChI is InChI=1S/C19H23F2N3O/c20-15-9-17-18(10-16(15)21)24(11-22-17)14-7-5-13(6-8-14)23-19(25)12-3-1-2-4-12/h9-14H,1-8H2,(H,23,25). The van der Waals surface area contributed by atoms with Crippen LogP contribution in [0.25, 0.3) is 11.0 Å². The van der Waals surface area contributed by atoms with Crippen LogP contribution in [-0.4, -0.2) is 21.5 Å². The van der Waals surface area contributed by atoms with Gasteiger partial charge in [0.2, 0.25) is 5.91 Å². The molecule has 1 heterocycles. The lowest BCUT2D eigenvalue weighted by molar-refractivity contribution is -0.125. The summed E-state index contributed by atoms with van der Waals surface area (Å²) in [6.45, 7) is 0. The van der Waals surface area contributed by atoms with Crippen molar-refractivity contribution in [1.29, 1.82) is 0 Å². The number of nitrogens with zero attached hydrogens (tertiary/aromatic N) is 2. The maximum atomic E-state index is 13.6. The van der Waals surface area contributed by atoms with Crippen molar-refractivity contribution in [3.63, 3.8) is 0 Å². The number of hydrogen-bond acceptors (Lipinski definition) is 2. The first-order valence-electron chi connectivity index (χ1n) is 9.24. The molecule has 2 saturated carbocycles. The number of carbonyl (C=O) groups is 1. The van der Waals surface area contributed by atoms with Crippen LogP contribution in [-0.2, 0) is 4.79 Å². The molecular weight excluding hydrogens is 324 g/mol. The maximum Gasteiger partial charge on any atom is 0.223 e. The third-order valence-corrected chi connectivity index (χ3v) is 5.78. The van der Waals surface area contributed by atoms with E-state index in [0.29, 0.717) is 11.0 Å². The average Bonchev–Trinajstić information content (AvgIpc) is 3.26. The first-order chi connectivity index (χ1) is 12.1. The second-order valence-electron chi connectivity index (χ2n) is 7.40. The highest BCUT2D eigenvalue weighted by molar-refractivity contribution is 5.79. The van der Waals surface area contributed by atoms with Crippen LogP contribution in [0, 0.1) is 17.6 Å². The average molecular weight is 347 g/mol. The van der Waals surface area contributed by atoms with Gasteiger partial charge in [0.25, 0.3) is 0 Å². The van der Waals surface area contributed by atoms with E-state index in [2.05, 4.69) is 10.3 Å². The van der Waals surface area contributed by atoms with Crippen molar-refractivity contribution in [2.75, 3.05) is 0 Å². The summed E-state index contributed by atoms with van der Waals surface area (Å²) in [5.41, 5.74) is 1.12. The number of halogens is 2. The normalized spacial score (nSPS) is 24.7. The predicted molar refractivity (Wildman–Crippen MR) is 91.0 cm³/mol. The Kier molecular flexibility index (Phi) is 4.44. The minimum atomic E-state index is -0.865. The molecule has 2 aliphatic rings. The van der Waals surface area contributed by atoms with E-state index < -0.39 is 11.6 Å². The lowest BCUT2D eigenvalue weighted by atomic mass is 9.90. The molecule has 4 nitrogen and oxygen atoms in total. The molecule has 0 atom stereocenters. The van der Waals surface area contributed by atoms with Crippen LogP contribution in [0.1, 0.15) is 57.4 Å². The smallest absolute Gasteiger partial charge is 0.223 e. The van der Waals surface area contributed by atoms with Gasteiger partial charge in [-0.15, -0.1) is 0 Å². The van der Waals surface area contributed by atoms with Crippen LogP contribution < -0.4 is 5.32 Å². The number of imidazole rings is 1. The molecule has 4 rings (SSSR count). The topological polar surface area (TPSA) is 46.9 Å². The molecule has 0 radical (unpaired) electrons. The number of hydrogen-bond donors (Lipinski definition) is 1. The van der Waals surface area contributed by atoms with Gasteiger partial charge >= 0.3 is 0 Å². The Hall–Kier alpha value is -1.98. The molecule has 134 valence electrons. The van der Waals surface area contributed by atoms with Crippen LogP contribution in [0.15, 0.2) is 18.5 Å². The molecule has 0 unspecified atom stereocenters. The second-order valence-corrected chi connectivity index (χ2v) is 7.40. The summed E-state index contributed by atoms with van der Waals surface area (Å²) in [5.74, 6) is -1.29. The van der Waals surface area contributed by atoms with Gasteiger partial charge in [-0.25, -0.2) is 13.8 Å². The number of benzene rings is 1. The number of amides is 1. The van der Waals surface area contributed by atoms with E-state index in [0.717, 1.165) is 57.4 Å². The first kappa shape index (κ1) is 16.5. The zero-order valence-electron chi connectivity index (χ0n) is 14.2. The number of fused-ring (bicyclic) bond motifs is 1. The molecule has 1 aromatic carbocycles. The van der Waals surface area contributed by atoms with E-state index in [1.807, 2.05) is 4.57 Å². The quantitative estimate of drug-likeness (QED) is 0.908. The molecular formula is C19H23F2N3O. The van der Waals surface area contributed by atoms with Gasteiger partial charge in [0, 0.05) is 30.1 Å². The summed E-state index contributed by atoms with van der Waals surface area (Å²) < 4.78 is 28.9. The van der Waals surface area contributed by atoms with Crippen molar-refractivity contribution in [2.24, 2.45) is 5.92 Å². The fourth-order valence-electron chi connectivity index (χ4n) is 4.32. The number of aromatic nitrogens is 2. The van der Waals surface area contributed by atoms with Gasteiger partial charge in [-0.3, -0.25) is 4.79 Å². The van der Waals surface area contributed by atoms with Gasteiger partial charge in [-0.1, -0.05) is 12.8 Å². The monoisotopic (exact) mass is 347 g/mol. The van der Waals surface area contributed by atoms with Crippen LogP contribution >= 0.6 is 0 Å². The Bertz CT molecular complexity index is 774. The summed E-state index contributed by atoms with van der Waals surface area (Å²) in [6, 6.07) is 2.82. The van der Waals surface area contributed by atoms with Crippen LogP contribution in [0.5, 0.6) is 0 Å². The van der Waals surface area contributed by atoms with E-state index in [-0.39, 0.29) is 23.9 Å². The molecule has 0 saturated heterocycles. The highest BCUT2D eigenvalue weighted by Crippen LogP contribution is 2.32. The summed E-state index contributed by atoms with van der Waals surface area (Å²) in [5, 5.41) is 3.21. The lowest BCUT2D eigenvalue weighted by Gasteiger charge is -2.31. The first-order valence-corrected chi connectivity index (χ1v) is 9.24. The van der Waals surface area contributed by atoms with Gasteiger partial charge in [0.1, 0.15) is 0 Å². The fraction of sp³-hybridized carbons (Fsp3) is 0.579. The van der Waals surface area contributed by atoms with Crippen molar-refractivity contribution in [2.45, 2.75) is 63.5 Å². The van der Waals surface area contributed by atoms with Crippen molar-refractivity contribution in [3.8, 4) is 0 Å². The van der Waals surface area contributed by atoms with E-state index in [1.165, 1.54) is 6.07 Å². The molecule has 25 heavy (non-hydrogen) atoms. The van der Waals surface area contributed by atoms with Crippen LogP contribution in [0.3, 0.4) is 0 Å². The van der Waals surface area contributed by atoms with E-state index in [4.69, 9.17) is 0 Å². The van der Waals surface area contributed by atoms with Crippen LogP contribution in [0.4, 0.5) is 8.78 Å². The SMILES string of the molecule is O=C(NC1CCC(n2cnc3cc(F)c(F)cc32)CC1)C1CCCC1. The van der Waals surface area contributed by atoms with Gasteiger partial charge < -0.3 is 9.88 Å². The Morgan fingerprint density at radius 2 is 1.72 bits per heavy atom. The van der Waals surface area contributed by atoms with Crippen molar-refractivity contribution in [3.05, 3.63) is 30.1 Å². The van der Waals surface area contributed by atoms with E-state index >= 15 is 0 Å². The molecule has 0 aliphatic heterocycles. The third-order valence-electron chi connectivity index (χ3n) is 5.78. The fourth-order valence-corrected chi connectivity index (χ4v) is 4.32. The van der Waals surface area contributed by atoms with Crippen molar-refractivity contribution >= 4 is 16.9 Å². The summed E-state index contributed by atoms with van der Waals surface area (Å²) >= 11 is 0. The second kappa shape index (κ2) is 6.73. The lowest BCUT2D eigenvalue weighted by Crippen LogP contribution is -2.40. The maximum absolute atomic E-state index is 13.6. The summed E-state index contributed by atoms with van der Waals surface area (Å²) in [6.07, 6.45) is 9.66. The van der Waals surface area contributed by atoms with Crippen molar-refractivity contribution in [1.82, 2.24) is 14.9 Å². The largest absolute Gasteiger partial charge is 0.353 e. The molecule has 0 spiro atoms. The Morgan fingerprint density at radius 3 is 2.44 bits per heavy atom. The molecule has 1 amide bonds. The molecule has 1 aromatic heterocycles. The summed E-state index contributed by atoms with van der Waals surface area (Å²) in [7, 11) is 0. The van der Waals surface area contributed by atoms with Crippen molar-refractivity contribution < 1.29 is 13.6 Å². The zero-order chi connectivity index (χ0) is 17.4. The zero-order valence-corrected chi connectivity index (χ0v) is 14.2. The number of nitrogens with one attached hydrogen (secondary N) is 1. The molecule has 1 N–H and O–H groups in total. The molecule has 2 aliphatic carbocycles. The molecule has 6 heteroatoms. The molecule has 0 bridgehead atoms. The number of rotatable bonds is 3. The summed E-state index contributed by atoms with van der Waals surface area (Å²) in [4.78, 5) is 16.5. The highest BCUT2D eigenvalue weighted by atomic mass is 19.2. The Morgan fingerprint density at radius 1 is 1.04 bits per heavy atom. The van der Waals surface area contributed by atoms with Gasteiger partial charge in [0.05, 0.1) is 17.4 Å². The van der Waals surface area contributed by atoms with Gasteiger partial charge in [-0.2, -0.15) is 0 Å². The molecule has 2 fully saturated rings. The number of carbonyl (C=O) groups excluding carboxylic acids is 1. The Labute approximate surface area is 145 Å². The minimum Gasteiger partial charge on any atom is -0.353 e. The van der Waals surface area contributed by atoms with Crippen LogP contribution in [0.2, 0.25) is 0 Å². The van der Waals surface area contributed by atoms with Gasteiger partial charge in [-0.05, 0) is 38.5 Å². The Balaban J connectivity index is 1.40. The van der Waals surface area contributed by atoms with Gasteiger partial charge in [0.15, 0.2) is 11.6 Å². The minimum absolute atomic E-state index is 0.202.